The van der Waals surface area contributed by atoms with Crippen molar-refractivity contribution >= 4 is 11.6 Å². The van der Waals surface area contributed by atoms with Gasteiger partial charge < -0.3 is 5.32 Å². The summed E-state index contributed by atoms with van der Waals surface area (Å²) < 4.78 is 0. The number of anilines is 1. The number of hydrazine groups is 1. The zero-order valence-corrected chi connectivity index (χ0v) is 12.4. The molecule has 4 nitrogen and oxygen atoms in total. The minimum absolute atomic E-state index is 0.414. The molecule has 0 unspecified atom stereocenters. The zero-order valence-electron chi connectivity index (χ0n) is 12.4. The molecule has 1 aromatic rings. The van der Waals surface area contributed by atoms with Gasteiger partial charge in [-0.1, -0.05) is 38.3 Å². The first-order chi connectivity index (χ1) is 9.81. The van der Waals surface area contributed by atoms with Crippen LogP contribution in [0.15, 0.2) is 29.3 Å². The summed E-state index contributed by atoms with van der Waals surface area (Å²) >= 11 is 0. The van der Waals surface area contributed by atoms with Crippen LogP contribution >= 0.6 is 0 Å². The quantitative estimate of drug-likeness (QED) is 0.334. The maximum atomic E-state index is 5.55. The van der Waals surface area contributed by atoms with Gasteiger partial charge in [-0.3, -0.25) is 5.43 Å². The average molecular weight is 274 g/mol. The zero-order chi connectivity index (χ0) is 14.2. The standard InChI is InChI=1S/C16H26N4/c1-2-3-6-13-9-11-15(12-10-13)19-16(20-17)18-14-7-4-5-8-14/h9-12,14H,2-8,17H2,1H3,(H2,18,19,20). The maximum Gasteiger partial charge on any atom is 0.210 e. The number of hydrogen-bond donors (Lipinski definition) is 3. The van der Waals surface area contributed by atoms with Crippen molar-refractivity contribution in [3.8, 4) is 0 Å². The van der Waals surface area contributed by atoms with Gasteiger partial charge in [0.25, 0.3) is 0 Å². The Kier molecular flexibility index (Phi) is 5.87. The normalized spacial score (nSPS) is 16.4. The molecule has 0 radical (unpaired) electrons. The van der Waals surface area contributed by atoms with Gasteiger partial charge in [0.15, 0.2) is 0 Å². The number of unbranched alkanes of at least 4 members (excludes halogenated alkanes) is 1. The second-order valence-corrected chi connectivity index (χ2v) is 5.49. The lowest BCUT2D eigenvalue weighted by Crippen LogP contribution is -2.37. The molecule has 1 fully saturated rings. The summed E-state index contributed by atoms with van der Waals surface area (Å²) in [6, 6.07) is 8.93. The Morgan fingerprint density at radius 3 is 2.55 bits per heavy atom. The monoisotopic (exact) mass is 274 g/mol. The molecule has 1 aliphatic carbocycles. The molecule has 0 heterocycles. The molecule has 4 heteroatoms. The van der Waals surface area contributed by atoms with Crippen molar-refractivity contribution in [3.63, 3.8) is 0 Å². The third-order valence-electron chi connectivity index (χ3n) is 3.81. The van der Waals surface area contributed by atoms with E-state index in [1.165, 1.54) is 44.1 Å². The fourth-order valence-electron chi connectivity index (χ4n) is 2.59. The van der Waals surface area contributed by atoms with Gasteiger partial charge in [-0.25, -0.2) is 10.8 Å². The Morgan fingerprint density at radius 2 is 1.95 bits per heavy atom. The SMILES string of the molecule is CCCCc1ccc(NC(=NC2CCCC2)NN)cc1. The van der Waals surface area contributed by atoms with Crippen LogP contribution in [0.3, 0.4) is 0 Å². The minimum Gasteiger partial charge on any atom is -0.325 e. The van der Waals surface area contributed by atoms with Crippen molar-refractivity contribution in [2.45, 2.75) is 57.9 Å². The lowest BCUT2D eigenvalue weighted by Gasteiger charge is -2.12. The maximum absolute atomic E-state index is 5.55. The van der Waals surface area contributed by atoms with Gasteiger partial charge in [0, 0.05) is 5.69 Å². The molecule has 0 saturated heterocycles. The summed E-state index contributed by atoms with van der Waals surface area (Å²) in [6.07, 6.45) is 8.51. The first-order valence-electron chi connectivity index (χ1n) is 7.72. The molecule has 0 spiro atoms. The highest BCUT2D eigenvalue weighted by Gasteiger charge is 2.14. The van der Waals surface area contributed by atoms with E-state index in [-0.39, 0.29) is 0 Å². The third kappa shape index (κ3) is 4.53. The van der Waals surface area contributed by atoms with E-state index in [9.17, 15) is 0 Å². The van der Waals surface area contributed by atoms with Gasteiger partial charge in [0.1, 0.15) is 0 Å². The van der Waals surface area contributed by atoms with Gasteiger partial charge in [-0.15, -0.1) is 0 Å². The van der Waals surface area contributed by atoms with E-state index >= 15 is 0 Å². The Labute approximate surface area is 121 Å². The van der Waals surface area contributed by atoms with Crippen molar-refractivity contribution in [1.82, 2.24) is 5.43 Å². The number of guanidine groups is 1. The molecule has 1 aliphatic rings. The number of hydrogen-bond acceptors (Lipinski definition) is 2. The summed E-state index contributed by atoms with van der Waals surface area (Å²) in [5, 5.41) is 3.25. The van der Waals surface area contributed by atoms with Crippen molar-refractivity contribution in [1.29, 1.82) is 0 Å². The molecule has 4 N–H and O–H groups in total. The van der Waals surface area contributed by atoms with E-state index in [1.54, 1.807) is 0 Å². The van der Waals surface area contributed by atoms with Crippen molar-refractivity contribution < 1.29 is 0 Å². The molecule has 1 saturated carbocycles. The van der Waals surface area contributed by atoms with Crippen LogP contribution in [0.4, 0.5) is 5.69 Å². The molecule has 0 bridgehead atoms. The minimum atomic E-state index is 0.414. The molecule has 110 valence electrons. The third-order valence-corrected chi connectivity index (χ3v) is 3.81. The van der Waals surface area contributed by atoms with Crippen molar-refractivity contribution in [2.24, 2.45) is 10.8 Å². The lowest BCUT2D eigenvalue weighted by molar-refractivity contribution is 0.700. The fraction of sp³-hybridized carbons (Fsp3) is 0.562. The van der Waals surface area contributed by atoms with Crippen LogP contribution in [-0.2, 0) is 6.42 Å². The Bertz CT molecular complexity index is 419. The molecular weight excluding hydrogens is 248 g/mol. The molecule has 0 amide bonds. The van der Waals surface area contributed by atoms with Gasteiger partial charge in [0.05, 0.1) is 6.04 Å². The smallest absolute Gasteiger partial charge is 0.210 e. The summed E-state index contributed by atoms with van der Waals surface area (Å²) in [5.74, 6) is 6.22. The number of nitrogens with zero attached hydrogens (tertiary/aromatic N) is 1. The number of aliphatic imine (C=N–C) groups is 1. The van der Waals surface area contributed by atoms with Crippen LogP contribution in [0, 0.1) is 0 Å². The summed E-state index contributed by atoms with van der Waals surface area (Å²) in [4.78, 5) is 4.63. The number of nitrogens with two attached hydrogens (primary N) is 1. The van der Waals surface area contributed by atoms with Crippen LogP contribution in [0.1, 0.15) is 51.0 Å². The molecule has 0 atom stereocenters. The van der Waals surface area contributed by atoms with E-state index < -0.39 is 0 Å². The van der Waals surface area contributed by atoms with Gasteiger partial charge >= 0.3 is 0 Å². The van der Waals surface area contributed by atoms with Gasteiger partial charge in [0.2, 0.25) is 5.96 Å². The highest BCUT2D eigenvalue weighted by molar-refractivity contribution is 5.93. The second kappa shape index (κ2) is 7.90. The molecule has 2 rings (SSSR count). The van der Waals surface area contributed by atoms with Crippen molar-refractivity contribution in [2.75, 3.05) is 5.32 Å². The molecule has 1 aromatic carbocycles. The Hall–Kier alpha value is -1.55. The van der Waals surface area contributed by atoms with Gasteiger partial charge in [-0.05, 0) is 43.4 Å². The van der Waals surface area contributed by atoms with E-state index in [1.807, 2.05) is 0 Å². The lowest BCUT2D eigenvalue weighted by atomic mass is 10.1. The van der Waals surface area contributed by atoms with Crippen LogP contribution in [0.2, 0.25) is 0 Å². The topological polar surface area (TPSA) is 62.4 Å². The Morgan fingerprint density at radius 1 is 1.25 bits per heavy atom. The van der Waals surface area contributed by atoms with Crippen molar-refractivity contribution in [3.05, 3.63) is 29.8 Å². The summed E-state index contributed by atoms with van der Waals surface area (Å²) in [5.41, 5.74) is 5.07. The number of aryl methyl sites for hydroxylation is 1. The van der Waals surface area contributed by atoms with Crippen LogP contribution < -0.4 is 16.6 Å². The summed E-state index contributed by atoms with van der Waals surface area (Å²) in [7, 11) is 0. The van der Waals surface area contributed by atoms with Crippen LogP contribution in [0.5, 0.6) is 0 Å². The fourth-order valence-corrected chi connectivity index (χ4v) is 2.59. The highest BCUT2D eigenvalue weighted by Crippen LogP contribution is 2.21. The number of rotatable bonds is 5. The largest absolute Gasteiger partial charge is 0.325 e. The van der Waals surface area contributed by atoms with E-state index in [0.29, 0.717) is 12.0 Å². The van der Waals surface area contributed by atoms with E-state index in [2.05, 4.69) is 46.9 Å². The molecule has 0 aromatic heterocycles. The first kappa shape index (κ1) is 14.9. The molecule has 20 heavy (non-hydrogen) atoms. The van der Waals surface area contributed by atoms with E-state index in [0.717, 1.165) is 12.1 Å². The molecular formula is C16H26N4. The van der Waals surface area contributed by atoms with Gasteiger partial charge in [-0.2, -0.15) is 0 Å². The number of nitrogens with one attached hydrogen (secondary N) is 2. The average Bonchev–Trinajstić information content (AvgIpc) is 2.99. The van der Waals surface area contributed by atoms with Crippen LogP contribution in [0.25, 0.3) is 0 Å². The Balaban J connectivity index is 1.93. The second-order valence-electron chi connectivity index (χ2n) is 5.49. The van der Waals surface area contributed by atoms with Crippen LogP contribution in [-0.4, -0.2) is 12.0 Å². The summed E-state index contributed by atoms with van der Waals surface area (Å²) in [6.45, 7) is 2.22. The first-order valence-corrected chi connectivity index (χ1v) is 7.72. The predicted molar refractivity (Wildman–Crippen MR) is 85.7 cm³/mol. The molecule has 0 aliphatic heterocycles. The highest BCUT2D eigenvalue weighted by atomic mass is 15.3. The van der Waals surface area contributed by atoms with E-state index in [4.69, 9.17) is 5.84 Å². The number of benzene rings is 1. The predicted octanol–water partition coefficient (Wildman–Crippen LogP) is 3.20.